The number of rotatable bonds is 11. The SMILES string of the molecule is C=C(Nc1ccc2ncc(-c3ccc(OC)c(OC)c3)nc2n1)N[C@H](C)CCCc1ccccc1. The number of methoxy groups -OCH3 is 2. The van der Waals surface area contributed by atoms with Crippen molar-refractivity contribution in [1.82, 2.24) is 20.3 Å². The molecule has 4 aromatic rings. The molecule has 2 aromatic carbocycles. The standard InChI is InChI=1S/C28H31N5O2/c1-19(9-8-12-21-10-6-5-7-11-21)30-20(2)31-27-16-14-23-28(33-27)32-24(18-29-23)22-13-15-25(34-3)26(17-22)35-4/h5-7,10-11,13-19,30H,2,8-9,12H2,1,3-4H3,(H,31,32,33)/t19-/m1/s1. The Morgan fingerprint density at radius 1 is 0.971 bits per heavy atom. The molecule has 0 radical (unpaired) electrons. The molecule has 0 aliphatic carbocycles. The molecule has 0 aliphatic heterocycles. The van der Waals surface area contributed by atoms with E-state index >= 15 is 0 Å². The lowest BCUT2D eigenvalue weighted by molar-refractivity contribution is 0.355. The van der Waals surface area contributed by atoms with Crippen LogP contribution in [0.25, 0.3) is 22.4 Å². The Balaban J connectivity index is 1.39. The van der Waals surface area contributed by atoms with Crippen LogP contribution in [-0.4, -0.2) is 35.2 Å². The second-order valence-electron chi connectivity index (χ2n) is 8.39. The van der Waals surface area contributed by atoms with Gasteiger partial charge < -0.3 is 20.1 Å². The van der Waals surface area contributed by atoms with Gasteiger partial charge in [0.25, 0.3) is 0 Å². The van der Waals surface area contributed by atoms with Gasteiger partial charge in [-0.15, -0.1) is 0 Å². The lowest BCUT2D eigenvalue weighted by Crippen LogP contribution is -2.28. The Bertz CT molecular complexity index is 1290. The largest absolute Gasteiger partial charge is 0.493 e. The highest BCUT2D eigenvalue weighted by Crippen LogP contribution is 2.31. The van der Waals surface area contributed by atoms with Crippen LogP contribution in [0, 0.1) is 0 Å². The van der Waals surface area contributed by atoms with E-state index in [0.717, 1.165) is 24.8 Å². The van der Waals surface area contributed by atoms with Gasteiger partial charge in [-0.25, -0.2) is 9.97 Å². The van der Waals surface area contributed by atoms with Crippen molar-refractivity contribution >= 4 is 17.0 Å². The molecular formula is C28H31N5O2. The third kappa shape index (κ3) is 6.26. The van der Waals surface area contributed by atoms with Gasteiger partial charge in [0.05, 0.1) is 31.9 Å². The Kier molecular flexibility index (Phi) is 7.77. The number of benzene rings is 2. The molecule has 4 rings (SSSR count). The normalized spacial score (nSPS) is 11.6. The second-order valence-corrected chi connectivity index (χ2v) is 8.39. The zero-order valence-corrected chi connectivity index (χ0v) is 20.4. The van der Waals surface area contributed by atoms with Gasteiger partial charge in [-0.05, 0) is 62.1 Å². The van der Waals surface area contributed by atoms with Crippen LogP contribution in [-0.2, 0) is 6.42 Å². The number of ether oxygens (including phenoxy) is 2. The van der Waals surface area contributed by atoms with E-state index in [-0.39, 0.29) is 6.04 Å². The summed E-state index contributed by atoms with van der Waals surface area (Å²) in [4.78, 5) is 13.9. The van der Waals surface area contributed by atoms with Crippen molar-refractivity contribution < 1.29 is 9.47 Å². The molecule has 0 fully saturated rings. The smallest absolute Gasteiger partial charge is 0.180 e. The fourth-order valence-electron chi connectivity index (χ4n) is 3.92. The number of aryl methyl sites for hydroxylation is 1. The number of pyridine rings is 1. The molecule has 2 aromatic heterocycles. The van der Waals surface area contributed by atoms with Crippen molar-refractivity contribution in [3.8, 4) is 22.8 Å². The van der Waals surface area contributed by atoms with Gasteiger partial charge in [-0.3, -0.25) is 4.98 Å². The first-order valence-corrected chi connectivity index (χ1v) is 11.7. The van der Waals surface area contributed by atoms with Crippen molar-refractivity contribution in [1.29, 1.82) is 0 Å². The van der Waals surface area contributed by atoms with Crippen molar-refractivity contribution in [3.63, 3.8) is 0 Å². The maximum Gasteiger partial charge on any atom is 0.180 e. The first-order chi connectivity index (χ1) is 17.1. The molecule has 0 amide bonds. The van der Waals surface area contributed by atoms with Crippen LogP contribution in [0.3, 0.4) is 0 Å². The van der Waals surface area contributed by atoms with Crippen molar-refractivity contribution in [2.75, 3.05) is 19.5 Å². The van der Waals surface area contributed by atoms with Gasteiger partial charge in [0.2, 0.25) is 0 Å². The molecule has 35 heavy (non-hydrogen) atoms. The number of aromatic nitrogens is 3. The van der Waals surface area contributed by atoms with Gasteiger partial charge in [-0.1, -0.05) is 36.9 Å². The van der Waals surface area contributed by atoms with E-state index in [1.54, 1.807) is 20.4 Å². The second kappa shape index (κ2) is 11.3. The van der Waals surface area contributed by atoms with Crippen LogP contribution >= 0.6 is 0 Å². The molecule has 0 bridgehead atoms. The van der Waals surface area contributed by atoms with E-state index in [2.05, 4.69) is 58.4 Å². The topological polar surface area (TPSA) is 81.2 Å². The number of nitrogens with zero attached hydrogens (tertiary/aromatic N) is 3. The molecular weight excluding hydrogens is 438 g/mol. The third-order valence-corrected chi connectivity index (χ3v) is 5.73. The quantitative estimate of drug-likeness (QED) is 0.296. The predicted octanol–water partition coefficient (Wildman–Crippen LogP) is 5.59. The highest BCUT2D eigenvalue weighted by molar-refractivity contribution is 5.76. The van der Waals surface area contributed by atoms with Crippen LogP contribution in [0.15, 0.2) is 79.3 Å². The summed E-state index contributed by atoms with van der Waals surface area (Å²) < 4.78 is 10.7. The zero-order valence-electron chi connectivity index (χ0n) is 20.4. The fourth-order valence-corrected chi connectivity index (χ4v) is 3.92. The Morgan fingerprint density at radius 2 is 1.77 bits per heavy atom. The first-order valence-electron chi connectivity index (χ1n) is 11.7. The Morgan fingerprint density at radius 3 is 2.54 bits per heavy atom. The Hall–Kier alpha value is -4.13. The minimum atomic E-state index is 0.288. The van der Waals surface area contributed by atoms with Crippen LogP contribution in [0.2, 0.25) is 0 Å². The lowest BCUT2D eigenvalue weighted by atomic mass is 10.1. The van der Waals surface area contributed by atoms with Crippen LogP contribution < -0.4 is 20.1 Å². The molecule has 180 valence electrons. The minimum Gasteiger partial charge on any atom is -0.493 e. The van der Waals surface area contributed by atoms with Gasteiger partial charge in [-0.2, -0.15) is 0 Å². The molecule has 0 unspecified atom stereocenters. The zero-order chi connectivity index (χ0) is 24.6. The van der Waals surface area contributed by atoms with E-state index < -0.39 is 0 Å². The number of fused-ring (bicyclic) bond motifs is 1. The Labute approximate surface area is 206 Å². The lowest BCUT2D eigenvalue weighted by Gasteiger charge is -2.18. The molecule has 2 heterocycles. The van der Waals surface area contributed by atoms with Crippen molar-refractivity contribution in [2.24, 2.45) is 0 Å². The summed E-state index contributed by atoms with van der Waals surface area (Å²) in [6, 6.07) is 20.3. The van der Waals surface area contributed by atoms with Crippen molar-refractivity contribution in [3.05, 3.63) is 84.8 Å². The van der Waals surface area contributed by atoms with Crippen LogP contribution in [0.1, 0.15) is 25.3 Å². The summed E-state index contributed by atoms with van der Waals surface area (Å²) in [7, 11) is 3.22. The number of anilines is 1. The highest BCUT2D eigenvalue weighted by atomic mass is 16.5. The van der Waals surface area contributed by atoms with E-state index in [0.29, 0.717) is 40.0 Å². The molecule has 7 heteroatoms. The monoisotopic (exact) mass is 469 g/mol. The summed E-state index contributed by atoms with van der Waals surface area (Å²) in [5.74, 6) is 2.66. The predicted molar refractivity (Wildman–Crippen MR) is 141 cm³/mol. The third-order valence-electron chi connectivity index (χ3n) is 5.73. The summed E-state index contributed by atoms with van der Waals surface area (Å²) in [6.07, 6.45) is 4.95. The summed E-state index contributed by atoms with van der Waals surface area (Å²) >= 11 is 0. The van der Waals surface area contributed by atoms with Crippen molar-refractivity contribution in [2.45, 2.75) is 32.2 Å². The minimum absolute atomic E-state index is 0.288. The van der Waals surface area contributed by atoms with E-state index in [1.807, 2.05) is 36.4 Å². The fraction of sp³-hybridized carbons (Fsp3) is 0.250. The highest BCUT2D eigenvalue weighted by Gasteiger charge is 2.10. The summed E-state index contributed by atoms with van der Waals surface area (Å²) in [5, 5.41) is 6.66. The van der Waals surface area contributed by atoms with Crippen LogP contribution in [0.5, 0.6) is 11.5 Å². The van der Waals surface area contributed by atoms with Gasteiger partial charge in [0.1, 0.15) is 11.3 Å². The molecule has 0 spiro atoms. The van der Waals surface area contributed by atoms with E-state index in [1.165, 1.54) is 5.56 Å². The summed E-state index contributed by atoms with van der Waals surface area (Å²) in [6.45, 7) is 6.27. The molecule has 0 aliphatic rings. The van der Waals surface area contributed by atoms with Crippen LogP contribution in [0.4, 0.5) is 5.82 Å². The summed E-state index contributed by atoms with van der Waals surface area (Å²) in [5.41, 5.74) is 4.20. The van der Waals surface area contributed by atoms with Gasteiger partial charge >= 0.3 is 0 Å². The number of nitrogens with one attached hydrogen (secondary N) is 2. The molecule has 2 N–H and O–H groups in total. The van der Waals surface area contributed by atoms with Gasteiger partial charge in [0.15, 0.2) is 17.1 Å². The van der Waals surface area contributed by atoms with E-state index in [9.17, 15) is 0 Å². The maximum atomic E-state index is 5.41. The average molecular weight is 470 g/mol. The molecule has 0 saturated carbocycles. The maximum absolute atomic E-state index is 5.41. The first kappa shape index (κ1) is 24.0. The number of hydrogen-bond donors (Lipinski definition) is 2. The molecule has 0 saturated heterocycles. The average Bonchev–Trinajstić information content (AvgIpc) is 2.88. The molecule has 7 nitrogen and oxygen atoms in total. The van der Waals surface area contributed by atoms with Gasteiger partial charge in [0, 0.05) is 11.6 Å². The number of hydrogen-bond acceptors (Lipinski definition) is 7. The molecule has 1 atom stereocenters. The van der Waals surface area contributed by atoms with E-state index in [4.69, 9.17) is 14.5 Å².